The van der Waals surface area contributed by atoms with E-state index in [-0.39, 0.29) is 25.5 Å². The summed E-state index contributed by atoms with van der Waals surface area (Å²) in [6.07, 6.45) is 8.74. The van der Waals surface area contributed by atoms with E-state index in [1.54, 1.807) is 40.0 Å². The molecule has 1 aromatic carbocycles. The zero-order chi connectivity index (χ0) is 32.2. The lowest BCUT2D eigenvalue weighted by molar-refractivity contribution is -0.150. The SMILES string of the molecule is CCOC(=O)[C@@]12CC1/C=C\CCCCC[C@H](NC(=O)OC(C)(C)C)C(=O)N1C[C@H](Oc3ccnc4ccccc34)C[C@H]1C(=O)N2. The number of aromatic nitrogens is 1. The molecule has 1 aromatic heterocycles. The fourth-order valence-electron chi connectivity index (χ4n) is 6.19. The van der Waals surface area contributed by atoms with Gasteiger partial charge in [0.2, 0.25) is 11.8 Å². The molecule has 11 heteroatoms. The molecule has 3 aliphatic rings. The summed E-state index contributed by atoms with van der Waals surface area (Å²) in [7, 11) is 0. The quantitative estimate of drug-likeness (QED) is 0.370. The van der Waals surface area contributed by atoms with Gasteiger partial charge in [0, 0.05) is 23.9 Å². The van der Waals surface area contributed by atoms with Gasteiger partial charge in [0.15, 0.2) is 0 Å². The summed E-state index contributed by atoms with van der Waals surface area (Å²) in [6.45, 7) is 7.32. The number of esters is 1. The van der Waals surface area contributed by atoms with E-state index in [4.69, 9.17) is 14.2 Å². The Hall–Kier alpha value is -4.15. The highest BCUT2D eigenvalue weighted by molar-refractivity contribution is 5.96. The summed E-state index contributed by atoms with van der Waals surface area (Å²) in [5.41, 5.74) is -1.15. The van der Waals surface area contributed by atoms with Gasteiger partial charge in [-0.3, -0.25) is 14.6 Å². The van der Waals surface area contributed by atoms with Crippen LogP contribution in [0.3, 0.4) is 0 Å². The fraction of sp³-hybridized carbons (Fsp3) is 0.559. The van der Waals surface area contributed by atoms with Gasteiger partial charge in [0.25, 0.3) is 0 Å². The minimum Gasteiger partial charge on any atom is -0.488 e. The second kappa shape index (κ2) is 13.5. The van der Waals surface area contributed by atoms with Gasteiger partial charge in [-0.1, -0.05) is 37.1 Å². The Bertz CT molecular complexity index is 1450. The third kappa shape index (κ3) is 7.57. The molecular formula is C34H44N4O7. The number of allylic oxidation sites excluding steroid dienone is 1. The van der Waals surface area contributed by atoms with Crippen molar-refractivity contribution in [1.29, 1.82) is 0 Å². The van der Waals surface area contributed by atoms with Crippen LogP contribution in [0.2, 0.25) is 0 Å². The maximum absolute atomic E-state index is 14.2. The molecule has 242 valence electrons. The van der Waals surface area contributed by atoms with Crippen LogP contribution < -0.4 is 15.4 Å². The number of alkyl carbamates (subject to hydrolysis) is 1. The highest BCUT2D eigenvalue weighted by Gasteiger charge is 2.62. The van der Waals surface area contributed by atoms with E-state index in [2.05, 4.69) is 15.6 Å². The fourth-order valence-corrected chi connectivity index (χ4v) is 6.19. The molecule has 45 heavy (non-hydrogen) atoms. The zero-order valence-electron chi connectivity index (χ0n) is 26.5. The monoisotopic (exact) mass is 620 g/mol. The van der Waals surface area contributed by atoms with Crippen molar-refractivity contribution in [2.45, 2.75) is 102 Å². The second-order valence-electron chi connectivity index (χ2n) is 13.1. The summed E-state index contributed by atoms with van der Waals surface area (Å²) >= 11 is 0. The maximum Gasteiger partial charge on any atom is 0.408 e. The van der Waals surface area contributed by atoms with Crippen molar-refractivity contribution in [3.63, 3.8) is 0 Å². The van der Waals surface area contributed by atoms with Gasteiger partial charge in [-0.2, -0.15) is 0 Å². The molecule has 3 amide bonds. The first-order valence-corrected chi connectivity index (χ1v) is 16.0. The molecule has 0 bridgehead atoms. The van der Waals surface area contributed by atoms with Crippen molar-refractivity contribution in [2.24, 2.45) is 5.92 Å². The van der Waals surface area contributed by atoms with Crippen LogP contribution in [0.4, 0.5) is 4.79 Å². The predicted octanol–water partition coefficient (Wildman–Crippen LogP) is 4.43. The van der Waals surface area contributed by atoms with E-state index >= 15 is 0 Å². The van der Waals surface area contributed by atoms with E-state index in [1.807, 2.05) is 36.4 Å². The van der Waals surface area contributed by atoms with Crippen LogP contribution in [-0.4, -0.2) is 76.2 Å². The molecule has 2 aromatic rings. The Balaban J connectivity index is 1.45. The molecule has 1 unspecified atom stereocenters. The molecule has 2 N–H and O–H groups in total. The number of carbonyl (C=O) groups is 4. The predicted molar refractivity (Wildman–Crippen MR) is 167 cm³/mol. The zero-order valence-corrected chi connectivity index (χ0v) is 26.5. The van der Waals surface area contributed by atoms with Gasteiger partial charge < -0.3 is 29.7 Å². The molecule has 1 aliphatic carbocycles. The van der Waals surface area contributed by atoms with Crippen molar-refractivity contribution >= 4 is 34.8 Å². The van der Waals surface area contributed by atoms with Gasteiger partial charge in [-0.15, -0.1) is 0 Å². The van der Waals surface area contributed by atoms with Crippen LogP contribution in [0.15, 0.2) is 48.7 Å². The molecule has 11 nitrogen and oxygen atoms in total. The lowest BCUT2D eigenvalue weighted by Crippen LogP contribution is -2.56. The van der Waals surface area contributed by atoms with Crippen molar-refractivity contribution < 1.29 is 33.4 Å². The van der Waals surface area contributed by atoms with Gasteiger partial charge >= 0.3 is 12.1 Å². The second-order valence-corrected chi connectivity index (χ2v) is 13.1. The topological polar surface area (TPSA) is 136 Å². The normalized spacial score (nSPS) is 28.0. The standard InChI is InChI=1S/C34H44N4O7/c1-5-43-31(41)34-20-22(34)13-9-7-6-8-10-16-26(36-32(42)45-33(2,3)4)30(40)38-21-23(19-27(38)29(39)37-34)44-28-17-18-35-25-15-12-11-14-24(25)28/h9,11-15,17-18,22-23,26-27H,5-8,10,16,19-21H2,1-4H3,(H,36,42)(H,37,39)/b13-9-/t22?,23-,26+,27+,34-/m1/s1. The first kappa shape index (κ1) is 32.2. The van der Waals surface area contributed by atoms with Gasteiger partial charge in [-0.05, 0) is 71.6 Å². The number of benzene rings is 1. The largest absolute Gasteiger partial charge is 0.488 e. The average Bonchev–Trinajstić information content (AvgIpc) is 3.51. The molecule has 1 saturated carbocycles. The summed E-state index contributed by atoms with van der Waals surface area (Å²) in [6, 6.07) is 7.53. The summed E-state index contributed by atoms with van der Waals surface area (Å²) < 4.78 is 17.3. The first-order chi connectivity index (χ1) is 21.5. The molecule has 0 radical (unpaired) electrons. The molecule has 2 fully saturated rings. The molecule has 1 saturated heterocycles. The third-order valence-corrected chi connectivity index (χ3v) is 8.47. The van der Waals surface area contributed by atoms with E-state index in [0.29, 0.717) is 25.0 Å². The molecule has 5 atom stereocenters. The molecule has 0 spiro atoms. The number of carbonyl (C=O) groups excluding carboxylic acids is 4. The number of rotatable bonds is 5. The number of fused-ring (bicyclic) bond motifs is 3. The van der Waals surface area contributed by atoms with Crippen LogP contribution in [0.25, 0.3) is 10.9 Å². The van der Waals surface area contributed by atoms with Crippen molar-refractivity contribution in [3.05, 3.63) is 48.7 Å². The number of para-hydroxylation sites is 1. The minimum absolute atomic E-state index is 0.121. The average molecular weight is 621 g/mol. The van der Waals surface area contributed by atoms with Crippen molar-refractivity contribution in [2.75, 3.05) is 13.2 Å². The highest BCUT2D eigenvalue weighted by atomic mass is 16.6. The number of hydrogen-bond donors (Lipinski definition) is 2. The molecule has 5 rings (SSSR count). The maximum atomic E-state index is 14.2. The van der Waals surface area contributed by atoms with Gasteiger partial charge in [0.05, 0.1) is 18.7 Å². The smallest absolute Gasteiger partial charge is 0.408 e. The third-order valence-electron chi connectivity index (χ3n) is 8.47. The molecule has 2 aliphatic heterocycles. The van der Waals surface area contributed by atoms with Gasteiger partial charge in [-0.25, -0.2) is 9.59 Å². The number of nitrogens with zero attached hydrogens (tertiary/aromatic N) is 2. The number of ether oxygens (including phenoxy) is 3. The Morgan fingerprint density at radius 1 is 1.13 bits per heavy atom. The minimum atomic E-state index is -1.17. The van der Waals surface area contributed by atoms with Crippen LogP contribution in [-0.2, 0) is 23.9 Å². The molecule has 3 heterocycles. The number of hydrogen-bond acceptors (Lipinski definition) is 8. The summed E-state index contributed by atoms with van der Waals surface area (Å²) in [5.74, 6) is -0.914. The van der Waals surface area contributed by atoms with E-state index < -0.39 is 53.2 Å². The number of pyridine rings is 1. The lowest BCUT2D eigenvalue weighted by atomic mass is 10.0. The molecular weight excluding hydrogens is 576 g/mol. The lowest BCUT2D eigenvalue weighted by Gasteiger charge is -2.30. The van der Waals surface area contributed by atoms with Crippen LogP contribution in [0.1, 0.15) is 72.6 Å². The number of nitrogens with one attached hydrogen (secondary N) is 2. The van der Waals surface area contributed by atoms with E-state index in [0.717, 1.165) is 30.2 Å². The number of amides is 3. The van der Waals surface area contributed by atoms with Crippen LogP contribution >= 0.6 is 0 Å². The highest BCUT2D eigenvalue weighted by Crippen LogP contribution is 2.46. The Morgan fingerprint density at radius 3 is 2.71 bits per heavy atom. The Kier molecular flexibility index (Phi) is 9.65. The van der Waals surface area contributed by atoms with Gasteiger partial charge in [0.1, 0.15) is 35.1 Å². The summed E-state index contributed by atoms with van der Waals surface area (Å²) in [4.78, 5) is 60.1. The Morgan fingerprint density at radius 2 is 1.93 bits per heavy atom. The van der Waals surface area contributed by atoms with E-state index in [9.17, 15) is 19.2 Å². The van der Waals surface area contributed by atoms with E-state index in [1.165, 1.54) is 4.90 Å². The Labute approximate surface area is 264 Å². The van der Waals surface area contributed by atoms with Crippen molar-refractivity contribution in [3.8, 4) is 5.75 Å². The van der Waals surface area contributed by atoms with Crippen LogP contribution in [0, 0.1) is 5.92 Å². The first-order valence-electron chi connectivity index (χ1n) is 16.0. The summed E-state index contributed by atoms with van der Waals surface area (Å²) in [5, 5.41) is 6.57. The van der Waals surface area contributed by atoms with Crippen LogP contribution in [0.5, 0.6) is 5.75 Å². The van der Waals surface area contributed by atoms with Crippen molar-refractivity contribution in [1.82, 2.24) is 20.5 Å².